The summed E-state index contributed by atoms with van der Waals surface area (Å²) in [5.41, 5.74) is 0. The van der Waals surface area contributed by atoms with Crippen molar-refractivity contribution in [3.05, 3.63) is 0 Å². The Hall–Kier alpha value is 3.08. The fourth-order valence-electron chi connectivity index (χ4n) is 0. The smallest absolute Gasteiger partial charge is 2.00 e. The van der Waals surface area contributed by atoms with Gasteiger partial charge in [0.2, 0.25) is 0 Å². The average Bonchev–Trinajstić information content (AvgIpc) is 0. The van der Waals surface area contributed by atoms with Gasteiger partial charge in [-0.25, -0.2) is 0 Å². The van der Waals surface area contributed by atoms with Crippen LogP contribution in [0.1, 0.15) is 0 Å². The van der Waals surface area contributed by atoms with Crippen LogP contribution < -0.4 is 0 Å². The fraction of sp³-hybridized carbons (Fsp3) is 0. The molecule has 0 atom stereocenters. The van der Waals surface area contributed by atoms with Crippen LogP contribution in [0.3, 0.4) is 0 Å². The number of rotatable bonds is 0. The summed E-state index contributed by atoms with van der Waals surface area (Å²) in [6.45, 7) is 0. The molecular formula is Te3Ti-2. The van der Waals surface area contributed by atoms with Crippen molar-refractivity contribution in [2.75, 3.05) is 0 Å². The van der Waals surface area contributed by atoms with Crippen LogP contribution in [0.25, 0.3) is 0 Å². The molecule has 0 amide bonds. The van der Waals surface area contributed by atoms with E-state index in [1.165, 1.54) is 0 Å². The van der Waals surface area contributed by atoms with Gasteiger partial charge >= 0.3 is 21.7 Å². The maximum Gasteiger partial charge on any atom is 4.00 e. The fourth-order valence-corrected chi connectivity index (χ4v) is 0. The molecule has 0 unspecified atom stereocenters. The van der Waals surface area contributed by atoms with Gasteiger partial charge in [0, 0.05) is 0 Å². The third kappa shape index (κ3) is 8.92. The molecule has 24 valence electrons. The molecule has 0 aliphatic rings. The molecule has 0 N–H and O–H groups in total. The largest absolute Gasteiger partial charge is 4.00 e. The van der Waals surface area contributed by atoms with Crippen molar-refractivity contribution >= 4 is 71.0 Å². The Balaban J connectivity index is 0. The van der Waals surface area contributed by atoms with Gasteiger partial charge in [0.1, 0.15) is 0 Å². The maximum atomic E-state index is 0. The SMILES string of the molecule is [Te-2].[Te-2].[Te-2].[Ti+4]. The van der Waals surface area contributed by atoms with E-state index in [0.717, 1.165) is 0 Å². The van der Waals surface area contributed by atoms with Gasteiger partial charge in [-0.05, 0) is 0 Å². The molecule has 0 rings (SSSR count). The zero-order valence-electron chi connectivity index (χ0n) is 1.72. The summed E-state index contributed by atoms with van der Waals surface area (Å²) in [4.78, 5) is 0. The number of hydrogen-bond acceptors (Lipinski definition) is 0. The van der Waals surface area contributed by atoms with Gasteiger partial charge in [-0.3, -0.25) is 0 Å². The van der Waals surface area contributed by atoms with Gasteiger partial charge in [0.05, 0.1) is 0 Å². The predicted octanol–water partition coefficient (Wildman–Crippen LogP) is -1.14. The quantitative estimate of drug-likeness (QED) is 0.426. The summed E-state index contributed by atoms with van der Waals surface area (Å²) in [5, 5.41) is 0. The van der Waals surface area contributed by atoms with Crippen molar-refractivity contribution in [1.82, 2.24) is 0 Å². The minimum atomic E-state index is 0. The Morgan fingerprint density at radius 2 is 0.500 bits per heavy atom. The monoisotopic (exact) mass is 438 g/mol. The van der Waals surface area contributed by atoms with Crippen LogP contribution in [0.2, 0.25) is 0 Å². The van der Waals surface area contributed by atoms with Crippen LogP contribution in [0.15, 0.2) is 0 Å². The van der Waals surface area contributed by atoms with E-state index in [1.54, 1.807) is 0 Å². The second-order valence-corrected chi connectivity index (χ2v) is 0. The van der Waals surface area contributed by atoms with E-state index in [9.17, 15) is 0 Å². The third-order valence-electron chi connectivity index (χ3n) is 0. The van der Waals surface area contributed by atoms with Crippen LogP contribution >= 0.6 is 0 Å². The van der Waals surface area contributed by atoms with E-state index < -0.39 is 0 Å². The molecule has 0 aromatic heterocycles. The molecular weight excluding hydrogens is 431 g/mol. The van der Waals surface area contributed by atoms with Crippen LogP contribution in [0, 0.1) is 0 Å². The van der Waals surface area contributed by atoms with E-state index >= 15 is 0 Å². The summed E-state index contributed by atoms with van der Waals surface area (Å²) in [5.74, 6) is 0. The molecule has 0 bridgehead atoms. The first-order chi connectivity index (χ1) is 0. The standard InChI is InChI=1S/3Te.Ti/q3*-2;+4. The Morgan fingerprint density at radius 3 is 0.500 bits per heavy atom. The maximum absolute atomic E-state index is 0. The Kier molecular flexibility index (Phi) is 114. The number of hydrogen-bond donors (Lipinski definition) is 0. The summed E-state index contributed by atoms with van der Waals surface area (Å²) in [6.07, 6.45) is 0. The Morgan fingerprint density at radius 1 is 0.500 bits per heavy atom. The van der Waals surface area contributed by atoms with Crippen molar-refractivity contribution in [2.45, 2.75) is 0 Å². The Bertz CT molecular complexity index is 3.25. The van der Waals surface area contributed by atoms with Gasteiger partial charge < -0.3 is 71.0 Å². The van der Waals surface area contributed by atoms with E-state index in [1.807, 2.05) is 0 Å². The molecule has 0 saturated carbocycles. The molecule has 0 radical (unpaired) electrons. The topological polar surface area (TPSA) is 0 Å². The van der Waals surface area contributed by atoms with Crippen LogP contribution in [-0.4, -0.2) is 71.0 Å². The first kappa shape index (κ1) is 27.6. The molecule has 0 nitrogen and oxygen atoms in total. The van der Waals surface area contributed by atoms with Gasteiger partial charge in [-0.1, -0.05) is 0 Å². The second kappa shape index (κ2) is 16.5. The van der Waals surface area contributed by atoms with Crippen molar-refractivity contribution in [2.24, 2.45) is 0 Å². The zero-order valence-corrected chi connectivity index (χ0v) is 10.3. The molecule has 0 fully saturated rings. The first-order valence-electron chi connectivity index (χ1n) is 0. The molecule has 0 aliphatic carbocycles. The molecule has 0 heterocycles. The van der Waals surface area contributed by atoms with Crippen molar-refractivity contribution < 1.29 is 21.7 Å². The summed E-state index contributed by atoms with van der Waals surface area (Å²) < 4.78 is 0. The second-order valence-electron chi connectivity index (χ2n) is 0. The average molecular weight is 431 g/mol. The summed E-state index contributed by atoms with van der Waals surface area (Å²) in [7, 11) is 0. The van der Waals surface area contributed by atoms with Crippen LogP contribution in [0.5, 0.6) is 0 Å². The Labute approximate surface area is 90.9 Å². The zero-order chi connectivity index (χ0) is 0. The summed E-state index contributed by atoms with van der Waals surface area (Å²) in [6, 6.07) is 0. The summed E-state index contributed by atoms with van der Waals surface area (Å²) >= 11 is 0. The predicted molar refractivity (Wildman–Crippen MR) is 17.3 cm³/mol. The molecule has 0 spiro atoms. The molecule has 0 aromatic rings. The third-order valence-corrected chi connectivity index (χ3v) is 0. The van der Waals surface area contributed by atoms with Gasteiger partial charge in [0.15, 0.2) is 0 Å². The van der Waals surface area contributed by atoms with Crippen LogP contribution in [-0.2, 0) is 21.7 Å². The molecule has 4 heteroatoms. The van der Waals surface area contributed by atoms with E-state index in [0.29, 0.717) is 0 Å². The van der Waals surface area contributed by atoms with Crippen molar-refractivity contribution in [1.29, 1.82) is 0 Å². The molecule has 4 heavy (non-hydrogen) atoms. The van der Waals surface area contributed by atoms with Crippen molar-refractivity contribution in [3.63, 3.8) is 0 Å². The van der Waals surface area contributed by atoms with E-state index in [2.05, 4.69) is 0 Å². The minimum absolute atomic E-state index is 0. The van der Waals surface area contributed by atoms with Gasteiger partial charge in [0.25, 0.3) is 0 Å². The van der Waals surface area contributed by atoms with Crippen molar-refractivity contribution in [3.8, 4) is 0 Å². The van der Waals surface area contributed by atoms with Gasteiger partial charge in [-0.15, -0.1) is 0 Å². The van der Waals surface area contributed by atoms with E-state index in [-0.39, 0.29) is 92.7 Å². The van der Waals surface area contributed by atoms with Gasteiger partial charge in [-0.2, -0.15) is 0 Å². The minimum Gasteiger partial charge on any atom is -2.00 e. The molecule has 0 aromatic carbocycles. The molecule has 0 saturated heterocycles. The van der Waals surface area contributed by atoms with Crippen LogP contribution in [0.4, 0.5) is 0 Å². The van der Waals surface area contributed by atoms with E-state index in [4.69, 9.17) is 0 Å². The first-order valence-corrected chi connectivity index (χ1v) is 0. The molecule has 0 aliphatic heterocycles. The normalized spacial score (nSPS) is 0.